The van der Waals surface area contributed by atoms with Crippen molar-refractivity contribution in [2.45, 2.75) is 26.2 Å². The van der Waals surface area contributed by atoms with Crippen LogP contribution in [-0.2, 0) is 0 Å². The third-order valence-electron chi connectivity index (χ3n) is 2.96. The second-order valence-electron chi connectivity index (χ2n) is 4.84. The largest absolute Gasteiger partial charge is 0.366 e. The highest BCUT2D eigenvalue weighted by molar-refractivity contribution is 5.35. The van der Waals surface area contributed by atoms with E-state index in [1.807, 2.05) is 13.8 Å². The summed E-state index contributed by atoms with van der Waals surface area (Å²) in [4.78, 5) is 18.7. The number of rotatable bonds is 4. The monoisotopic (exact) mass is 248 g/mol. The molecule has 0 aromatic carbocycles. The van der Waals surface area contributed by atoms with E-state index >= 15 is 0 Å². The van der Waals surface area contributed by atoms with Gasteiger partial charge in [0.25, 0.3) is 5.56 Å². The van der Waals surface area contributed by atoms with Crippen LogP contribution in [0.5, 0.6) is 0 Å². The number of aromatic amines is 1. The molecular formula is C13H20N4O. The number of nitrogens with zero attached hydrogens (tertiary/aromatic N) is 1. The molecule has 1 aliphatic heterocycles. The Balaban J connectivity index is 2.04. The highest BCUT2D eigenvalue weighted by Crippen LogP contribution is 2.10. The van der Waals surface area contributed by atoms with Gasteiger partial charge in [-0.05, 0) is 13.0 Å². The number of hydrogen-bond donors (Lipinski definition) is 3. The molecule has 0 unspecified atom stereocenters. The first-order chi connectivity index (χ1) is 8.65. The van der Waals surface area contributed by atoms with Crippen LogP contribution >= 0.6 is 0 Å². The zero-order valence-electron chi connectivity index (χ0n) is 10.9. The Bertz CT molecular complexity index is 490. The van der Waals surface area contributed by atoms with Crippen LogP contribution in [0.4, 0.5) is 5.82 Å². The van der Waals surface area contributed by atoms with Gasteiger partial charge in [0.15, 0.2) is 0 Å². The first-order valence-electron chi connectivity index (χ1n) is 6.39. The van der Waals surface area contributed by atoms with Crippen molar-refractivity contribution >= 4 is 5.82 Å². The molecule has 0 radical (unpaired) electrons. The van der Waals surface area contributed by atoms with Crippen LogP contribution in [0.25, 0.3) is 0 Å². The van der Waals surface area contributed by atoms with Gasteiger partial charge in [-0.3, -0.25) is 4.79 Å². The third-order valence-corrected chi connectivity index (χ3v) is 2.96. The molecule has 2 heterocycles. The first kappa shape index (κ1) is 12.8. The molecule has 0 fully saturated rings. The lowest BCUT2D eigenvalue weighted by atomic mass is 10.1. The summed E-state index contributed by atoms with van der Waals surface area (Å²) in [6.45, 7) is 6.73. The van der Waals surface area contributed by atoms with E-state index in [-0.39, 0.29) is 11.5 Å². The standard InChI is InChI=1S/C13H20N4O/c1-9(2)13-16-11(7-12(18)17-13)15-8-10-3-5-14-6-4-10/h3,7,9,14H,4-6,8H2,1-2H3,(H2,15,16,17,18). The summed E-state index contributed by atoms with van der Waals surface area (Å²) < 4.78 is 0. The van der Waals surface area contributed by atoms with Crippen molar-refractivity contribution in [3.8, 4) is 0 Å². The molecule has 1 aliphatic rings. The Labute approximate surface area is 107 Å². The van der Waals surface area contributed by atoms with Gasteiger partial charge in [0.2, 0.25) is 0 Å². The predicted octanol–water partition coefficient (Wildman–Crippen LogP) is 1.22. The van der Waals surface area contributed by atoms with Crippen molar-refractivity contribution in [2.75, 3.05) is 25.0 Å². The average Bonchev–Trinajstić information content (AvgIpc) is 2.37. The Hall–Kier alpha value is -1.62. The van der Waals surface area contributed by atoms with E-state index in [2.05, 4.69) is 26.7 Å². The summed E-state index contributed by atoms with van der Waals surface area (Å²) in [5.74, 6) is 1.60. The normalized spacial score (nSPS) is 15.6. The van der Waals surface area contributed by atoms with E-state index in [0.717, 1.165) is 31.9 Å². The molecule has 18 heavy (non-hydrogen) atoms. The number of H-pyrrole nitrogens is 1. The molecule has 0 saturated heterocycles. The Morgan fingerprint density at radius 3 is 3.00 bits per heavy atom. The second kappa shape index (κ2) is 5.82. The molecule has 0 atom stereocenters. The van der Waals surface area contributed by atoms with Crippen LogP contribution < -0.4 is 16.2 Å². The van der Waals surface area contributed by atoms with Gasteiger partial charge >= 0.3 is 0 Å². The lowest BCUT2D eigenvalue weighted by Gasteiger charge is -2.15. The van der Waals surface area contributed by atoms with Gasteiger partial charge in [-0.15, -0.1) is 0 Å². The minimum Gasteiger partial charge on any atom is -0.366 e. The fourth-order valence-corrected chi connectivity index (χ4v) is 1.87. The van der Waals surface area contributed by atoms with E-state index in [1.165, 1.54) is 11.6 Å². The van der Waals surface area contributed by atoms with Gasteiger partial charge in [0, 0.05) is 25.1 Å². The molecule has 98 valence electrons. The van der Waals surface area contributed by atoms with Crippen molar-refractivity contribution in [3.05, 3.63) is 33.9 Å². The maximum atomic E-state index is 11.5. The van der Waals surface area contributed by atoms with E-state index < -0.39 is 0 Å². The number of hydrogen-bond acceptors (Lipinski definition) is 4. The summed E-state index contributed by atoms with van der Waals surface area (Å²) in [6, 6.07) is 1.51. The van der Waals surface area contributed by atoms with Crippen molar-refractivity contribution in [1.82, 2.24) is 15.3 Å². The van der Waals surface area contributed by atoms with E-state index in [4.69, 9.17) is 0 Å². The maximum Gasteiger partial charge on any atom is 0.252 e. The zero-order valence-corrected chi connectivity index (χ0v) is 10.9. The van der Waals surface area contributed by atoms with Crippen LogP contribution in [0, 0.1) is 0 Å². The first-order valence-corrected chi connectivity index (χ1v) is 6.39. The van der Waals surface area contributed by atoms with Gasteiger partial charge in [-0.25, -0.2) is 4.98 Å². The summed E-state index contributed by atoms with van der Waals surface area (Å²) in [6.07, 6.45) is 3.24. The van der Waals surface area contributed by atoms with Gasteiger partial charge in [0.1, 0.15) is 11.6 Å². The average molecular weight is 248 g/mol. The minimum absolute atomic E-state index is 0.101. The zero-order chi connectivity index (χ0) is 13.0. The van der Waals surface area contributed by atoms with E-state index in [0.29, 0.717) is 5.82 Å². The molecule has 5 nitrogen and oxygen atoms in total. The van der Waals surface area contributed by atoms with Crippen LogP contribution in [-0.4, -0.2) is 29.6 Å². The lowest BCUT2D eigenvalue weighted by Crippen LogP contribution is -2.23. The minimum atomic E-state index is -0.101. The van der Waals surface area contributed by atoms with Crippen LogP contribution in [0.15, 0.2) is 22.5 Å². The van der Waals surface area contributed by atoms with Crippen molar-refractivity contribution < 1.29 is 0 Å². The van der Waals surface area contributed by atoms with Crippen molar-refractivity contribution in [2.24, 2.45) is 0 Å². The molecule has 0 spiro atoms. The van der Waals surface area contributed by atoms with Gasteiger partial charge in [0.05, 0.1) is 0 Å². The molecular weight excluding hydrogens is 228 g/mol. The Morgan fingerprint density at radius 1 is 1.50 bits per heavy atom. The second-order valence-corrected chi connectivity index (χ2v) is 4.84. The topological polar surface area (TPSA) is 69.8 Å². The van der Waals surface area contributed by atoms with Gasteiger partial charge < -0.3 is 15.6 Å². The predicted molar refractivity (Wildman–Crippen MR) is 73.0 cm³/mol. The summed E-state index contributed by atoms with van der Waals surface area (Å²) in [5.41, 5.74) is 1.26. The molecule has 0 amide bonds. The number of aromatic nitrogens is 2. The summed E-state index contributed by atoms with van der Waals surface area (Å²) in [7, 11) is 0. The smallest absolute Gasteiger partial charge is 0.252 e. The molecule has 3 N–H and O–H groups in total. The highest BCUT2D eigenvalue weighted by atomic mass is 16.1. The summed E-state index contributed by atoms with van der Waals surface area (Å²) in [5, 5.41) is 6.49. The number of anilines is 1. The van der Waals surface area contributed by atoms with Crippen molar-refractivity contribution in [1.29, 1.82) is 0 Å². The van der Waals surface area contributed by atoms with Crippen molar-refractivity contribution in [3.63, 3.8) is 0 Å². The van der Waals surface area contributed by atoms with Gasteiger partial charge in [-0.2, -0.15) is 0 Å². The maximum absolute atomic E-state index is 11.5. The molecule has 0 saturated carbocycles. The number of nitrogens with one attached hydrogen (secondary N) is 3. The van der Waals surface area contributed by atoms with E-state index in [9.17, 15) is 4.79 Å². The van der Waals surface area contributed by atoms with Gasteiger partial charge in [-0.1, -0.05) is 25.5 Å². The molecule has 1 aromatic heterocycles. The Kier molecular flexibility index (Phi) is 4.15. The molecule has 1 aromatic rings. The quantitative estimate of drug-likeness (QED) is 0.701. The van der Waals surface area contributed by atoms with E-state index in [1.54, 1.807) is 0 Å². The molecule has 5 heteroatoms. The molecule has 2 rings (SSSR count). The Morgan fingerprint density at radius 2 is 2.33 bits per heavy atom. The fraction of sp³-hybridized carbons (Fsp3) is 0.538. The fourth-order valence-electron chi connectivity index (χ4n) is 1.87. The SMILES string of the molecule is CC(C)c1nc(NCC2=CCNCC2)cc(=O)[nH]1. The third kappa shape index (κ3) is 3.43. The van der Waals surface area contributed by atoms with Crippen LogP contribution in [0.3, 0.4) is 0 Å². The lowest BCUT2D eigenvalue weighted by molar-refractivity contribution is 0.697. The van der Waals surface area contributed by atoms with Crippen LogP contribution in [0.2, 0.25) is 0 Å². The molecule has 0 bridgehead atoms. The summed E-state index contributed by atoms with van der Waals surface area (Å²) >= 11 is 0. The molecule has 0 aliphatic carbocycles. The highest BCUT2D eigenvalue weighted by Gasteiger charge is 2.06. The van der Waals surface area contributed by atoms with Crippen LogP contribution in [0.1, 0.15) is 32.0 Å².